The highest BCUT2D eigenvalue weighted by Gasteiger charge is 2.30. The molecule has 2 nitrogen and oxygen atoms in total. The van der Waals surface area contributed by atoms with Crippen LogP contribution in [0.2, 0.25) is 0 Å². The van der Waals surface area contributed by atoms with E-state index in [9.17, 15) is 13.2 Å². The van der Waals surface area contributed by atoms with E-state index in [2.05, 4.69) is 24.1 Å². The summed E-state index contributed by atoms with van der Waals surface area (Å²) < 4.78 is 37.1. The number of hydrogen-bond acceptors (Lipinski definition) is 2. The summed E-state index contributed by atoms with van der Waals surface area (Å²) in [7, 11) is 0. The molecule has 1 heterocycles. The van der Waals surface area contributed by atoms with E-state index in [1.807, 2.05) is 6.92 Å². The second-order valence-electron chi connectivity index (χ2n) is 4.65. The lowest BCUT2D eigenvalue weighted by molar-refractivity contribution is -0.137. The zero-order chi connectivity index (χ0) is 13.8. The number of likely N-dealkylation sites (N-methyl/N-ethyl adjacent to an activating group) is 1. The number of pyridine rings is 1. The van der Waals surface area contributed by atoms with Gasteiger partial charge in [0.25, 0.3) is 0 Å². The molecule has 102 valence electrons. The lowest BCUT2D eigenvalue weighted by Crippen LogP contribution is -2.35. The quantitative estimate of drug-likeness (QED) is 0.878. The number of nitrogens with zero attached hydrogens (tertiary/aromatic N) is 1. The van der Waals surface area contributed by atoms with Crippen LogP contribution in [0.25, 0.3) is 0 Å². The highest BCUT2D eigenvalue weighted by atomic mass is 19.4. The molecule has 0 bridgehead atoms. The van der Waals surface area contributed by atoms with E-state index in [4.69, 9.17) is 0 Å². The molecule has 0 saturated carbocycles. The van der Waals surface area contributed by atoms with Gasteiger partial charge < -0.3 is 5.32 Å². The van der Waals surface area contributed by atoms with Gasteiger partial charge in [-0.25, -0.2) is 0 Å². The first-order valence-corrected chi connectivity index (χ1v) is 6.10. The van der Waals surface area contributed by atoms with Gasteiger partial charge in [-0.3, -0.25) is 4.98 Å². The Morgan fingerprint density at radius 3 is 2.33 bits per heavy atom. The van der Waals surface area contributed by atoms with E-state index >= 15 is 0 Å². The van der Waals surface area contributed by atoms with Crippen LogP contribution in [-0.2, 0) is 12.6 Å². The molecule has 0 radical (unpaired) electrons. The molecule has 1 rings (SSSR count). The van der Waals surface area contributed by atoms with Gasteiger partial charge in [-0.1, -0.05) is 20.8 Å². The third-order valence-electron chi connectivity index (χ3n) is 2.85. The van der Waals surface area contributed by atoms with E-state index in [1.54, 1.807) is 0 Å². The predicted octanol–water partition coefficient (Wildman–Crippen LogP) is 3.28. The van der Waals surface area contributed by atoms with Gasteiger partial charge in [-0.05, 0) is 24.6 Å². The van der Waals surface area contributed by atoms with Crippen molar-refractivity contribution in [2.45, 2.75) is 39.4 Å². The minimum atomic E-state index is -4.31. The summed E-state index contributed by atoms with van der Waals surface area (Å²) in [6.07, 6.45) is -2.77. The van der Waals surface area contributed by atoms with Crippen LogP contribution < -0.4 is 5.32 Å². The van der Waals surface area contributed by atoms with Gasteiger partial charge in [0.05, 0.1) is 5.56 Å². The molecule has 1 aromatic rings. The van der Waals surface area contributed by atoms with Crippen LogP contribution in [0, 0.1) is 5.92 Å². The van der Waals surface area contributed by atoms with Crippen molar-refractivity contribution in [2.75, 3.05) is 6.54 Å². The van der Waals surface area contributed by atoms with Gasteiger partial charge in [-0.2, -0.15) is 13.2 Å². The number of rotatable bonds is 5. The molecule has 18 heavy (non-hydrogen) atoms. The molecule has 0 aliphatic heterocycles. The van der Waals surface area contributed by atoms with Gasteiger partial charge in [0.15, 0.2) is 0 Å². The second kappa shape index (κ2) is 6.18. The normalized spacial score (nSPS) is 13.9. The first-order chi connectivity index (χ1) is 8.34. The van der Waals surface area contributed by atoms with Gasteiger partial charge in [0.1, 0.15) is 0 Å². The standard InChI is InChI=1S/C13H19F3N2/c1-4-17-12(9(2)3)7-11-6-5-10(8-18-11)13(14,15)16/h5-6,8-9,12,17H,4,7H2,1-3H3. The molecule has 0 aliphatic rings. The number of nitrogens with one attached hydrogen (secondary N) is 1. The van der Waals surface area contributed by atoms with Gasteiger partial charge in [-0.15, -0.1) is 0 Å². The first-order valence-electron chi connectivity index (χ1n) is 6.10. The molecule has 1 aromatic heterocycles. The zero-order valence-electron chi connectivity index (χ0n) is 10.9. The maximum absolute atomic E-state index is 12.4. The fraction of sp³-hybridized carbons (Fsp3) is 0.615. The van der Waals surface area contributed by atoms with Crippen LogP contribution in [0.5, 0.6) is 0 Å². The largest absolute Gasteiger partial charge is 0.417 e. The molecule has 0 fully saturated rings. The summed E-state index contributed by atoms with van der Waals surface area (Å²) in [5.74, 6) is 0.411. The minimum absolute atomic E-state index is 0.235. The molecule has 1 atom stereocenters. The van der Waals surface area contributed by atoms with Gasteiger partial charge >= 0.3 is 6.18 Å². The van der Waals surface area contributed by atoms with Crippen LogP contribution in [0.1, 0.15) is 32.0 Å². The number of hydrogen-bond donors (Lipinski definition) is 1. The Kier molecular flexibility index (Phi) is 5.14. The van der Waals surface area contributed by atoms with Crippen LogP contribution in [-0.4, -0.2) is 17.6 Å². The summed E-state index contributed by atoms with van der Waals surface area (Å²) in [5.41, 5.74) is -0.0153. The average Bonchev–Trinajstić information content (AvgIpc) is 2.28. The van der Waals surface area contributed by atoms with Crippen LogP contribution in [0.15, 0.2) is 18.3 Å². The van der Waals surface area contributed by atoms with E-state index in [0.29, 0.717) is 18.0 Å². The molecule has 0 amide bonds. The number of alkyl halides is 3. The van der Waals surface area contributed by atoms with Crippen molar-refractivity contribution in [3.05, 3.63) is 29.6 Å². The summed E-state index contributed by atoms with van der Waals surface area (Å²) in [6.45, 7) is 7.01. The number of aromatic nitrogens is 1. The van der Waals surface area contributed by atoms with Gasteiger partial charge in [0.2, 0.25) is 0 Å². The maximum Gasteiger partial charge on any atom is 0.417 e. The van der Waals surface area contributed by atoms with Crippen LogP contribution >= 0.6 is 0 Å². The van der Waals surface area contributed by atoms with E-state index in [0.717, 1.165) is 18.8 Å². The topological polar surface area (TPSA) is 24.9 Å². The second-order valence-corrected chi connectivity index (χ2v) is 4.65. The van der Waals surface area contributed by atoms with Crippen molar-refractivity contribution < 1.29 is 13.2 Å². The third-order valence-corrected chi connectivity index (χ3v) is 2.85. The molecule has 0 aromatic carbocycles. The molecule has 0 aliphatic carbocycles. The summed E-state index contributed by atoms with van der Waals surface area (Å²) in [5, 5.41) is 3.31. The number of halogens is 3. The van der Waals surface area contributed by atoms with E-state index in [1.165, 1.54) is 6.07 Å². The molecular formula is C13H19F3N2. The Bertz CT molecular complexity index is 357. The fourth-order valence-corrected chi connectivity index (χ4v) is 1.74. The van der Waals surface area contributed by atoms with E-state index in [-0.39, 0.29) is 6.04 Å². The van der Waals surface area contributed by atoms with Gasteiger partial charge in [0, 0.05) is 24.4 Å². The molecule has 5 heteroatoms. The van der Waals surface area contributed by atoms with Crippen molar-refractivity contribution >= 4 is 0 Å². The Morgan fingerprint density at radius 1 is 1.28 bits per heavy atom. The summed E-state index contributed by atoms with van der Waals surface area (Å²) in [6, 6.07) is 2.78. The molecule has 1 N–H and O–H groups in total. The molecule has 0 spiro atoms. The highest BCUT2D eigenvalue weighted by molar-refractivity contribution is 5.17. The van der Waals surface area contributed by atoms with Crippen molar-refractivity contribution in [3.63, 3.8) is 0 Å². The van der Waals surface area contributed by atoms with Crippen LogP contribution in [0.4, 0.5) is 13.2 Å². The Labute approximate surface area is 106 Å². The predicted molar refractivity (Wildman–Crippen MR) is 65.2 cm³/mol. The SMILES string of the molecule is CCNC(Cc1ccc(C(F)(F)F)cn1)C(C)C. The highest BCUT2D eigenvalue weighted by Crippen LogP contribution is 2.28. The Morgan fingerprint density at radius 2 is 1.94 bits per heavy atom. The Balaban J connectivity index is 2.73. The minimum Gasteiger partial charge on any atom is -0.314 e. The summed E-state index contributed by atoms with van der Waals surface area (Å²) in [4.78, 5) is 3.89. The summed E-state index contributed by atoms with van der Waals surface area (Å²) >= 11 is 0. The maximum atomic E-state index is 12.4. The van der Waals surface area contributed by atoms with Crippen molar-refractivity contribution in [1.29, 1.82) is 0 Å². The molecular weight excluding hydrogens is 241 g/mol. The van der Waals surface area contributed by atoms with Crippen molar-refractivity contribution in [3.8, 4) is 0 Å². The van der Waals surface area contributed by atoms with E-state index < -0.39 is 11.7 Å². The zero-order valence-corrected chi connectivity index (χ0v) is 10.9. The lowest BCUT2D eigenvalue weighted by Gasteiger charge is -2.21. The smallest absolute Gasteiger partial charge is 0.314 e. The van der Waals surface area contributed by atoms with Crippen LogP contribution in [0.3, 0.4) is 0 Å². The third kappa shape index (κ3) is 4.29. The fourth-order valence-electron chi connectivity index (χ4n) is 1.74. The lowest BCUT2D eigenvalue weighted by atomic mass is 9.99. The average molecular weight is 260 g/mol. The molecule has 1 unspecified atom stereocenters. The van der Waals surface area contributed by atoms with Crippen molar-refractivity contribution in [1.82, 2.24) is 10.3 Å². The Hall–Kier alpha value is -1.10. The monoisotopic (exact) mass is 260 g/mol. The van der Waals surface area contributed by atoms with Crippen molar-refractivity contribution in [2.24, 2.45) is 5.92 Å². The molecule has 0 saturated heterocycles. The first kappa shape index (κ1) is 15.0.